The van der Waals surface area contributed by atoms with Crippen LogP contribution in [-0.2, 0) is 14.3 Å². The first-order chi connectivity index (χ1) is 12.4. The van der Waals surface area contributed by atoms with Gasteiger partial charge in [0.1, 0.15) is 5.75 Å². The van der Waals surface area contributed by atoms with Gasteiger partial charge < -0.3 is 14.8 Å². The van der Waals surface area contributed by atoms with Gasteiger partial charge in [-0.3, -0.25) is 4.79 Å². The van der Waals surface area contributed by atoms with Crippen molar-refractivity contribution in [1.29, 1.82) is 0 Å². The number of anilines is 1. The largest absolute Gasteiger partial charge is 0.482 e. The minimum Gasteiger partial charge on any atom is -0.482 e. The Morgan fingerprint density at radius 2 is 1.85 bits per heavy atom. The quantitative estimate of drug-likeness (QED) is 0.483. The van der Waals surface area contributed by atoms with E-state index in [0.717, 1.165) is 4.47 Å². The van der Waals surface area contributed by atoms with Crippen molar-refractivity contribution in [3.05, 3.63) is 53.0 Å². The molecule has 9 heteroatoms. The second-order valence-electron chi connectivity index (χ2n) is 4.86. The summed E-state index contributed by atoms with van der Waals surface area (Å²) in [5.41, 5.74) is 0.412. The molecule has 0 bridgehead atoms. The van der Waals surface area contributed by atoms with Crippen LogP contribution in [0.5, 0.6) is 5.75 Å². The zero-order valence-corrected chi connectivity index (χ0v) is 15.7. The van der Waals surface area contributed by atoms with Crippen LogP contribution in [-0.4, -0.2) is 30.8 Å². The lowest BCUT2D eigenvalue weighted by molar-refractivity contribution is -0.149. The molecule has 0 heterocycles. The number of hydrogen-bond donors (Lipinski definition) is 1. The zero-order valence-electron chi connectivity index (χ0n) is 13.3. The molecular weight excluding hydrogens is 432 g/mol. The number of nitrogens with one attached hydrogen (secondary N) is 1. The zero-order chi connectivity index (χ0) is 18.9. The molecule has 1 N–H and O–H groups in total. The Labute approximate surface area is 161 Å². The van der Waals surface area contributed by atoms with Crippen LogP contribution in [0.25, 0.3) is 0 Å². The number of ether oxygens (including phenoxy) is 2. The predicted octanol–water partition coefficient (Wildman–Crippen LogP) is 4.32. The molecule has 0 spiro atoms. The fourth-order valence-electron chi connectivity index (χ4n) is 1.80. The lowest BCUT2D eigenvalue weighted by atomic mass is 10.3. The van der Waals surface area contributed by atoms with Gasteiger partial charge in [0.2, 0.25) is 0 Å². The van der Waals surface area contributed by atoms with Crippen LogP contribution < -0.4 is 10.1 Å². The average Bonchev–Trinajstić information content (AvgIpc) is 2.59. The first-order valence-corrected chi connectivity index (χ1v) is 8.98. The van der Waals surface area contributed by atoms with Crippen LogP contribution in [0, 0.1) is 0 Å². The molecule has 0 atom stereocenters. The minimum absolute atomic E-state index is 0.330. The maximum Gasteiger partial charge on any atom is 0.344 e. The normalized spacial score (nSPS) is 10.5. The number of halogens is 3. The lowest BCUT2D eigenvalue weighted by Gasteiger charge is -2.08. The molecule has 2 aromatic rings. The first kappa shape index (κ1) is 20.2. The Kier molecular flexibility index (Phi) is 7.86. The smallest absolute Gasteiger partial charge is 0.344 e. The van der Waals surface area contributed by atoms with E-state index in [9.17, 15) is 18.4 Å². The molecule has 0 saturated carbocycles. The molecule has 0 radical (unpaired) electrons. The van der Waals surface area contributed by atoms with Crippen molar-refractivity contribution in [3.8, 4) is 5.75 Å². The second-order valence-corrected chi connectivity index (χ2v) is 6.84. The molecule has 26 heavy (non-hydrogen) atoms. The Balaban J connectivity index is 1.71. The molecule has 0 saturated heterocycles. The van der Waals surface area contributed by atoms with E-state index in [1.165, 1.54) is 24.3 Å². The minimum atomic E-state index is -2.51. The standard InChI is InChI=1S/C17H14BrF2NO4S/c18-11-2-1-3-13(8-11)24-10-16(23)25-9-15(22)21-12-4-6-14(7-5-12)26-17(19)20/h1-8,17H,9-10H2,(H,21,22). The molecule has 1 amide bonds. The Morgan fingerprint density at radius 3 is 2.50 bits per heavy atom. The number of hydrogen-bond acceptors (Lipinski definition) is 5. The number of benzene rings is 2. The van der Waals surface area contributed by atoms with Gasteiger partial charge in [-0.05, 0) is 42.5 Å². The van der Waals surface area contributed by atoms with E-state index < -0.39 is 24.2 Å². The predicted molar refractivity (Wildman–Crippen MR) is 97.5 cm³/mol. The van der Waals surface area contributed by atoms with Gasteiger partial charge in [0.25, 0.3) is 11.7 Å². The molecule has 5 nitrogen and oxygen atoms in total. The molecule has 0 aliphatic heterocycles. The topological polar surface area (TPSA) is 64.6 Å². The van der Waals surface area contributed by atoms with Gasteiger partial charge in [0.05, 0.1) is 0 Å². The SMILES string of the molecule is O=C(COC(=O)COc1cccc(Br)c1)Nc1ccc(SC(F)F)cc1. The summed E-state index contributed by atoms with van der Waals surface area (Å²) in [6, 6.07) is 12.8. The maximum absolute atomic E-state index is 12.2. The van der Waals surface area contributed by atoms with Crippen molar-refractivity contribution in [2.45, 2.75) is 10.7 Å². The Morgan fingerprint density at radius 1 is 1.12 bits per heavy atom. The summed E-state index contributed by atoms with van der Waals surface area (Å²) in [5, 5.41) is 2.50. The number of carbonyl (C=O) groups is 2. The van der Waals surface area contributed by atoms with Crippen molar-refractivity contribution in [1.82, 2.24) is 0 Å². The number of carbonyl (C=O) groups excluding carboxylic acids is 2. The van der Waals surface area contributed by atoms with Crippen LogP contribution in [0.4, 0.5) is 14.5 Å². The highest BCUT2D eigenvalue weighted by Crippen LogP contribution is 2.26. The average molecular weight is 446 g/mol. The Bertz CT molecular complexity index is 759. The van der Waals surface area contributed by atoms with Crippen molar-refractivity contribution < 1.29 is 27.8 Å². The molecule has 0 aliphatic rings. The van der Waals surface area contributed by atoms with E-state index in [4.69, 9.17) is 9.47 Å². The third-order valence-corrected chi connectivity index (χ3v) is 4.10. The highest BCUT2D eigenvalue weighted by atomic mass is 79.9. The molecule has 0 unspecified atom stereocenters. The second kappa shape index (κ2) is 10.1. The van der Waals surface area contributed by atoms with Crippen molar-refractivity contribution in [3.63, 3.8) is 0 Å². The van der Waals surface area contributed by atoms with Gasteiger partial charge in [-0.1, -0.05) is 33.8 Å². The van der Waals surface area contributed by atoms with Crippen molar-refractivity contribution in [2.24, 2.45) is 0 Å². The molecule has 2 rings (SSSR count). The molecule has 2 aromatic carbocycles. The fourth-order valence-corrected chi connectivity index (χ4v) is 2.68. The van der Waals surface area contributed by atoms with Crippen LogP contribution >= 0.6 is 27.7 Å². The first-order valence-electron chi connectivity index (χ1n) is 7.31. The molecule has 0 aliphatic carbocycles. The van der Waals surface area contributed by atoms with Crippen molar-refractivity contribution in [2.75, 3.05) is 18.5 Å². The molecule has 138 valence electrons. The van der Waals surface area contributed by atoms with E-state index in [1.807, 2.05) is 6.07 Å². The van der Waals surface area contributed by atoms with Gasteiger partial charge in [0, 0.05) is 15.1 Å². The van der Waals surface area contributed by atoms with Gasteiger partial charge in [-0.15, -0.1) is 0 Å². The summed E-state index contributed by atoms with van der Waals surface area (Å²) in [5.74, 6) is -3.25. The van der Waals surface area contributed by atoms with E-state index >= 15 is 0 Å². The third-order valence-electron chi connectivity index (χ3n) is 2.88. The van der Waals surface area contributed by atoms with E-state index in [0.29, 0.717) is 28.1 Å². The van der Waals surface area contributed by atoms with E-state index in [-0.39, 0.29) is 6.61 Å². The summed E-state index contributed by atoms with van der Waals surface area (Å²) >= 11 is 3.69. The highest BCUT2D eigenvalue weighted by Gasteiger charge is 2.10. The summed E-state index contributed by atoms with van der Waals surface area (Å²) in [6.07, 6.45) is 0. The summed E-state index contributed by atoms with van der Waals surface area (Å²) in [7, 11) is 0. The summed E-state index contributed by atoms with van der Waals surface area (Å²) < 4.78 is 35.3. The van der Waals surface area contributed by atoms with Crippen LogP contribution in [0.3, 0.4) is 0 Å². The molecular formula is C17H14BrF2NO4S. The fraction of sp³-hybridized carbons (Fsp3) is 0.176. The lowest BCUT2D eigenvalue weighted by Crippen LogP contribution is -2.23. The van der Waals surface area contributed by atoms with Crippen LogP contribution in [0.15, 0.2) is 57.9 Å². The van der Waals surface area contributed by atoms with Gasteiger partial charge >= 0.3 is 5.97 Å². The van der Waals surface area contributed by atoms with Crippen LogP contribution in [0.1, 0.15) is 0 Å². The summed E-state index contributed by atoms with van der Waals surface area (Å²) in [6.45, 7) is -0.808. The van der Waals surface area contributed by atoms with E-state index in [1.54, 1.807) is 18.2 Å². The number of alkyl halides is 2. The van der Waals surface area contributed by atoms with E-state index in [2.05, 4.69) is 21.2 Å². The number of thioether (sulfide) groups is 1. The number of esters is 1. The van der Waals surface area contributed by atoms with Gasteiger partial charge in [-0.2, -0.15) is 8.78 Å². The van der Waals surface area contributed by atoms with Gasteiger partial charge in [-0.25, -0.2) is 4.79 Å². The maximum atomic E-state index is 12.2. The monoisotopic (exact) mass is 445 g/mol. The van der Waals surface area contributed by atoms with Crippen molar-refractivity contribution >= 4 is 45.3 Å². The number of rotatable bonds is 8. The molecule has 0 fully saturated rings. The highest BCUT2D eigenvalue weighted by molar-refractivity contribution is 9.10. The third kappa shape index (κ3) is 7.40. The summed E-state index contributed by atoms with van der Waals surface area (Å²) in [4.78, 5) is 23.7. The van der Waals surface area contributed by atoms with Crippen LogP contribution in [0.2, 0.25) is 0 Å². The number of amides is 1. The molecule has 0 aromatic heterocycles. The van der Waals surface area contributed by atoms with Gasteiger partial charge in [0.15, 0.2) is 13.2 Å². The Hall–Kier alpha value is -2.13.